The standard InChI is InChI=1S/C63H122O17P2/c1-9-55(7)41-33-25-15-11-13-17-27-35-43-60(65)73-49-58(79-62(67)45-37-29-18-14-12-16-26-34-42-56(8)10-2)51-77-81(69,70)75-47-57(64)48-76-82(71,72)78-52-59(80-63(68)46-38-30-22-20-24-32-40-54(5)6)50-74-61(66)44-36-28-21-19-23-31-39-53(3)4/h53-59,64H,9-52H2,1-8H3,(H,69,70)(H,71,72)/t55?,56?,57-,58-,59-/m1/s1. The number of unbranched alkanes of at least 4 members (excludes halogenated alkanes) is 24. The normalized spacial score (nSPS) is 15.1. The fraction of sp³-hybridized carbons (Fsp3) is 0.937. The van der Waals surface area contributed by atoms with Gasteiger partial charge in [-0.3, -0.25) is 37.3 Å². The number of carbonyl (C=O) groups is 4. The minimum atomic E-state index is -4.95. The van der Waals surface area contributed by atoms with Gasteiger partial charge in [-0.15, -0.1) is 0 Å². The van der Waals surface area contributed by atoms with Crippen molar-refractivity contribution < 1.29 is 80.2 Å². The zero-order valence-electron chi connectivity index (χ0n) is 53.1. The molecule has 82 heavy (non-hydrogen) atoms. The van der Waals surface area contributed by atoms with Crippen LogP contribution in [0.1, 0.15) is 299 Å². The molecule has 0 aromatic rings. The van der Waals surface area contributed by atoms with E-state index in [4.69, 9.17) is 37.0 Å². The van der Waals surface area contributed by atoms with Crippen molar-refractivity contribution in [1.29, 1.82) is 0 Å². The molecule has 3 N–H and O–H groups in total. The van der Waals surface area contributed by atoms with E-state index in [2.05, 4.69) is 55.4 Å². The lowest BCUT2D eigenvalue weighted by molar-refractivity contribution is -0.161. The Hall–Kier alpha value is -1.94. The number of hydrogen-bond acceptors (Lipinski definition) is 15. The van der Waals surface area contributed by atoms with Gasteiger partial charge in [-0.1, -0.05) is 248 Å². The van der Waals surface area contributed by atoms with Crippen molar-refractivity contribution in [2.24, 2.45) is 23.7 Å². The summed E-state index contributed by atoms with van der Waals surface area (Å²) < 4.78 is 67.9. The van der Waals surface area contributed by atoms with Crippen molar-refractivity contribution in [2.45, 2.75) is 318 Å². The van der Waals surface area contributed by atoms with Crippen LogP contribution in [0.3, 0.4) is 0 Å². The van der Waals surface area contributed by atoms with E-state index in [9.17, 15) is 43.2 Å². The molecule has 0 saturated heterocycles. The molecule has 0 aromatic heterocycles. The van der Waals surface area contributed by atoms with Crippen LogP contribution < -0.4 is 0 Å². The van der Waals surface area contributed by atoms with Gasteiger partial charge in [0.2, 0.25) is 0 Å². The van der Waals surface area contributed by atoms with Gasteiger partial charge in [-0.25, -0.2) is 9.13 Å². The molecule has 486 valence electrons. The fourth-order valence-corrected chi connectivity index (χ4v) is 10.8. The maximum atomic E-state index is 13.0. The molecular formula is C63H122O17P2. The van der Waals surface area contributed by atoms with E-state index in [0.717, 1.165) is 108 Å². The zero-order chi connectivity index (χ0) is 61.1. The zero-order valence-corrected chi connectivity index (χ0v) is 54.9. The Morgan fingerprint density at radius 1 is 0.341 bits per heavy atom. The van der Waals surface area contributed by atoms with Gasteiger partial charge in [0.25, 0.3) is 0 Å². The number of ether oxygens (including phenoxy) is 4. The number of rotatable bonds is 60. The summed E-state index contributed by atoms with van der Waals surface area (Å²) in [6, 6.07) is 0. The molecule has 0 aliphatic heterocycles. The highest BCUT2D eigenvalue weighted by Gasteiger charge is 2.30. The summed E-state index contributed by atoms with van der Waals surface area (Å²) in [5.41, 5.74) is 0. The molecule has 0 fully saturated rings. The second-order valence-electron chi connectivity index (χ2n) is 24.2. The first-order chi connectivity index (χ1) is 39.2. The van der Waals surface area contributed by atoms with Gasteiger partial charge in [0.1, 0.15) is 19.3 Å². The number of aliphatic hydroxyl groups excluding tert-OH is 1. The van der Waals surface area contributed by atoms with Crippen molar-refractivity contribution in [3.63, 3.8) is 0 Å². The lowest BCUT2D eigenvalue weighted by Gasteiger charge is -2.21. The van der Waals surface area contributed by atoms with Crippen LogP contribution in [0.25, 0.3) is 0 Å². The molecule has 0 saturated carbocycles. The van der Waals surface area contributed by atoms with Crippen LogP contribution in [0, 0.1) is 23.7 Å². The lowest BCUT2D eigenvalue weighted by Crippen LogP contribution is -2.30. The average molecular weight is 1210 g/mol. The predicted molar refractivity (Wildman–Crippen MR) is 326 cm³/mol. The molecule has 0 amide bonds. The summed E-state index contributed by atoms with van der Waals surface area (Å²) in [7, 11) is -9.89. The smallest absolute Gasteiger partial charge is 0.462 e. The quantitative estimate of drug-likeness (QED) is 0.0222. The lowest BCUT2D eigenvalue weighted by atomic mass is 9.99. The van der Waals surface area contributed by atoms with Crippen LogP contribution >= 0.6 is 15.6 Å². The fourth-order valence-electron chi connectivity index (χ4n) is 9.19. The van der Waals surface area contributed by atoms with E-state index in [0.29, 0.717) is 37.5 Å². The Balaban J connectivity index is 5.26. The Bertz CT molecular complexity index is 1650. The molecule has 17 nitrogen and oxygen atoms in total. The van der Waals surface area contributed by atoms with E-state index < -0.39 is 97.5 Å². The van der Waals surface area contributed by atoms with Crippen molar-refractivity contribution in [2.75, 3.05) is 39.6 Å². The first-order valence-corrected chi connectivity index (χ1v) is 35.8. The number of aliphatic hydroxyl groups is 1. The highest BCUT2D eigenvalue weighted by atomic mass is 31.2. The van der Waals surface area contributed by atoms with Crippen LogP contribution in [-0.4, -0.2) is 96.7 Å². The monoisotopic (exact) mass is 1210 g/mol. The van der Waals surface area contributed by atoms with Crippen LogP contribution in [0.2, 0.25) is 0 Å². The molecule has 4 unspecified atom stereocenters. The number of esters is 4. The number of phosphoric ester groups is 2. The number of carbonyl (C=O) groups excluding carboxylic acids is 4. The van der Waals surface area contributed by atoms with Gasteiger partial charge in [-0.2, -0.15) is 0 Å². The second kappa shape index (κ2) is 53.3. The molecule has 0 aromatic carbocycles. The average Bonchev–Trinajstić information content (AvgIpc) is 3.45. The van der Waals surface area contributed by atoms with Crippen LogP contribution in [0.4, 0.5) is 0 Å². The maximum absolute atomic E-state index is 13.0. The molecule has 0 aliphatic carbocycles. The molecule has 0 rings (SSSR count). The Kier molecular flexibility index (Phi) is 52.0. The van der Waals surface area contributed by atoms with E-state index in [1.807, 2.05) is 0 Å². The third-order valence-electron chi connectivity index (χ3n) is 15.0. The molecule has 7 atom stereocenters. The van der Waals surface area contributed by atoms with Gasteiger partial charge in [0.05, 0.1) is 26.4 Å². The molecule has 0 aliphatic rings. The van der Waals surface area contributed by atoms with Gasteiger partial charge in [0.15, 0.2) is 12.2 Å². The maximum Gasteiger partial charge on any atom is 0.472 e. The van der Waals surface area contributed by atoms with Gasteiger partial charge in [0, 0.05) is 25.7 Å². The number of phosphoric acid groups is 2. The van der Waals surface area contributed by atoms with Crippen molar-refractivity contribution in [3.05, 3.63) is 0 Å². The van der Waals surface area contributed by atoms with Gasteiger partial charge in [-0.05, 0) is 49.4 Å². The van der Waals surface area contributed by atoms with E-state index >= 15 is 0 Å². The number of hydrogen-bond donors (Lipinski definition) is 3. The van der Waals surface area contributed by atoms with Crippen LogP contribution in [-0.2, 0) is 65.4 Å². The van der Waals surface area contributed by atoms with E-state index in [1.165, 1.54) is 96.3 Å². The molecule has 0 radical (unpaired) electrons. The molecule has 0 heterocycles. The van der Waals surface area contributed by atoms with Crippen molar-refractivity contribution in [3.8, 4) is 0 Å². The summed E-state index contributed by atoms with van der Waals surface area (Å²) in [6.45, 7) is 13.9. The topological polar surface area (TPSA) is 237 Å². The summed E-state index contributed by atoms with van der Waals surface area (Å²) >= 11 is 0. The summed E-state index contributed by atoms with van der Waals surface area (Å²) in [5.74, 6) is 0.749. The van der Waals surface area contributed by atoms with Crippen LogP contribution in [0.15, 0.2) is 0 Å². The SMILES string of the molecule is CCC(C)CCCCCCCCCCC(=O)OC[C@H](COP(=O)(O)OC[C@@H](O)COP(=O)(O)OC[C@@H](COC(=O)CCCCCCCCC(C)C)OC(=O)CCCCCCCCC(C)C)OC(=O)CCCCCCCCCCC(C)CC. The molecular weight excluding hydrogens is 1090 g/mol. The van der Waals surface area contributed by atoms with Crippen molar-refractivity contribution >= 4 is 39.5 Å². The third-order valence-corrected chi connectivity index (χ3v) is 16.9. The summed E-state index contributed by atoms with van der Waals surface area (Å²) in [4.78, 5) is 72.1. The largest absolute Gasteiger partial charge is 0.472 e. The van der Waals surface area contributed by atoms with Crippen molar-refractivity contribution in [1.82, 2.24) is 0 Å². The summed E-state index contributed by atoms with van der Waals surface area (Å²) in [6.07, 6.45) is 32.3. The van der Waals surface area contributed by atoms with Crippen LogP contribution in [0.5, 0.6) is 0 Å². The highest BCUT2D eigenvalue weighted by molar-refractivity contribution is 7.47. The van der Waals surface area contributed by atoms with E-state index in [1.54, 1.807) is 0 Å². The second-order valence-corrected chi connectivity index (χ2v) is 27.1. The first-order valence-electron chi connectivity index (χ1n) is 32.8. The van der Waals surface area contributed by atoms with Gasteiger partial charge >= 0.3 is 39.5 Å². The first kappa shape index (κ1) is 80.1. The molecule has 0 spiro atoms. The molecule has 19 heteroatoms. The Labute approximate surface area is 498 Å². The highest BCUT2D eigenvalue weighted by Crippen LogP contribution is 2.45. The molecule has 0 bridgehead atoms. The Morgan fingerprint density at radius 3 is 0.866 bits per heavy atom. The minimum absolute atomic E-state index is 0.100. The Morgan fingerprint density at radius 2 is 0.585 bits per heavy atom. The predicted octanol–water partition coefficient (Wildman–Crippen LogP) is 17.0. The summed E-state index contributed by atoms with van der Waals surface area (Å²) in [5, 5.41) is 10.5. The van der Waals surface area contributed by atoms with Gasteiger partial charge < -0.3 is 33.8 Å². The third kappa shape index (κ3) is 54.7. The van der Waals surface area contributed by atoms with E-state index in [-0.39, 0.29) is 25.7 Å². The minimum Gasteiger partial charge on any atom is -0.462 e.